The minimum atomic E-state index is -0.994. The fourth-order valence-corrected chi connectivity index (χ4v) is 1.73. The maximum Gasteiger partial charge on any atom is 0.340 e. The number of carbonyl (C=O) groups is 1. The van der Waals surface area contributed by atoms with Crippen molar-refractivity contribution in [3.8, 4) is 5.75 Å². The Hall–Kier alpha value is -2.10. The summed E-state index contributed by atoms with van der Waals surface area (Å²) >= 11 is 0. The summed E-state index contributed by atoms with van der Waals surface area (Å²) in [4.78, 5) is 15.6. The van der Waals surface area contributed by atoms with Gasteiger partial charge in [-0.1, -0.05) is 25.1 Å². The maximum atomic E-state index is 11.4. The monoisotopic (exact) mass is 245 g/mol. The highest BCUT2D eigenvalue weighted by molar-refractivity contribution is 6.04. The Morgan fingerprint density at radius 1 is 1.44 bits per heavy atom. The second kappa shape index (κ2) is 5.04. The van der Waals surface area contributed by atoms with E-state index in [2.05, 4.69) is 4.98 Å². The molecule has 1 N–H and O–H groups in total. The molecule has 0 amide bonds. The smallest absolute Gasteiger partial charge is 0.340 e. The summed E-state index contributed by atoms with van der Waals surface area (Å²) in [7, 11) is 0. The van der Waals surface area contributed by atoms with Crippen LogP contribution in [0.4, 0.5) is 0 Å². The second-order valence-electron chi connectivity index (χ2n) is 4.16. The van der Waals surface area contributed by atoms with Crippen molar-refractivity contribution < 1.29 is 14.6 Å². The van der Waals surface area contributed by atoms with E-state index in [1.165, 1.54) is 6.20 Å². The van der Waals surface area contributed by atoms with Crippen LogP contribution in [0, 0.1) is 0 Å². The topological polar surface area (TPSA) is 59.4 Å². The summed E-state index contributed by atoms with van der Waals surface area (Å²) in [5, 5.41) is 9.94. The average Bonchev–Trinajstić information content (AvgIpc) is 2.37. The minimum Gasteiger partial charge on any atom is -0.488 e. The lowest BCUT2D eigenvalue weighted by Gasteiger charge is -2.15. The summed E-state index contributed by atoms with van der Waals surface area (Å²) in [6, 6.07) is 7.16. The van der Waals surface area contributed by atoms with Crippen molar-refractivity contribution in [2.45, 2.75) is 26.4 Å². The molecule has 1 aromatic heterocycles. The molecule has 0 bridgehead atoms. The van der Waals surface area contributed by atoms with Gasteiger partial charge in [0.1, 0.15) is 5.56 Å². The van der Waals surface area contributed by atoms with Gasteiger partial charge in [0.2, 0.25) is 0 Å². The number of carboxylic acids is 1. The predicted molar refractivity (Wildman–Crippen MR) is 69.1 cm³/mol. The van der Waals surface area contributed by atoms with Crippen LogP contribution in [0.5, 0.6) is 5.75 Å². The molecule has 1 atom stereocenters. The summed E-state index contributed by atoms with van der Waals surface area (Å²) < 4.78 is 5.62. The van der Waals surface area contributed by atoms with Crippen molar-refractivity contribution in [2.75, 3.05) is 0 Å². The Bertz CT molecular complexity index is 580. The van der Waals surface area contributed by atoms with Crippen LogP contribution in [0.1, 0.15) is 30.6 Å². The molecule has 0 radical (unpaired) electrons. The van der Waals surface area contributed by atoms with Gasteiger partial charge in [0.15, 0.2) is 5.75 Å². The van der Waals surface area contributed by atoms with Crippen molar-refractivity contribution in [1.82, 2.24) is 4.98 Å². The van der Waals surface area contributed by atoms with Gasteiger partial charge in [-0.2, -0.15) is 0 Å². The van der Waals surface area contributed by atoms with Crippen LogP contribution in [0.3, 0.4) is 0 Å². The first-order chi connectivity index (χ1) is 8.63. The zero-order chi connectivity index (χ0) is 13.1. The van der Waals surface area contributed by atoms with E-state index in [9.17, 15) is 9.90 Å². The lowest BCUT2D eigenvalue weighted by molar-refractivity contribution is 0.0692. The maximum absolute atomic E-state index is 11.4. The third-order valence-corrected chi connectivity index (χ3v) is 2.86. The molecular formula is C14H15NO3. The Morgan fingerprint density at radius 2 is 2.17 bits per heavy atom. The van der Waals surface area contributed by atoms with Crippen LogP contribution in [0.2, 0.25) is 0 Å². The molecular weight excluding hydrogens is 230 g/mol. The number of benzene rings is 1. The molecule has 2 rings (SSSR count). The number of rotatable bonds is 4. The molecule has 0 aliphatic carbocycles. The highest BCUT2D eigenvalue weighted by Crippen LogP contribution is 2.27. The number of pyridine rings is 1. The van der Waals surface area contributed by atoms with Crippen LogP contribution in [-0.2, 0) is 0 Å². The van der Waals surface area contributed by atoms with Gasteiger partial charge in [0, 0.05) is 5.39 Å². The Labute approximate surface area is 105 Å². The van der Waals surface area contributed by atoms with E-state index in [0.717, 1.165) is 6.42 Å². The van der Waals surface area contributed by atoms with Crippen LogP contribution in [0.25, 0.3) is 10.9 Å². The third-order valence-electron chi connectivity index (χ3n) is 2.86. The highest BCUT2D eigenvalue weighted by Gasteiger charge is 2.17. The lowest BCUT2D eigenvalue weighted by atomic mass is 10.1. The van der Waals surface area contributed by atoms with Crippen LogP contribution < -0.4 is 4.74 Å². The van der Waals surface area contributed by atoms with E-state index in [-0.39, 0.29) is 11.7 Å². The normalized spacial score (nSPS) is 12.3. The van der Waals surface area contributed by atoms with Gasteiger partial charge in [-0.25, -0.2) is 4.79 Å². The van der Waals surface area contributed by atoms with Gasteiger partial charge >= 0.3 is 5.97 Å². The molecule has 4 nitrogen and oxygen atoms in total. The van der Waals surface area contributed by atoms with Crippen LogP contribution in [-0.4, -0.2) is 22.2 Å². The van der Waals surface area contributed by atoms with Gasteiger partial charge in [-0.15, -0.1) is 0 Å². The first kappa shape index (κ1) is 12.4. The molecule has 2 aromatic rings. The van der Waals surface area contributed by atoms with Crippen molar-refractivity contribution in [3.63, 3.8) is 0 Å². The van der Waals surface area contributed by atoms with E-state index >= 15 is 0 Å². The number of hydrogen-bond donors (Lipinski definition) is 1. The van der Waals surface area contributed by atoms with Crippen molar-refractivity contribution in [2.24, 2.45) is 0 Å². The number of aromatic nitrogens is 1. The highest BCUT2D eigenvalue weighted by atomic mass is 16.5. The van der Waals surface area contributed by atoms with Gasteiger partial charge in [0.05, 0.1) is 17.8 Å². The van der Waals surface area contributed by atoms with Gasteiger partial charge in [0.25, 0.3) is 0 Å². The zero-order valence-electron chi connectivity index (χ0n) is 10.4. The fourth-order valence-electron chi connectivity index (χ4n) is 1.73. The number of ether oxygens (including phenoxy) is 1. The number of aromatic carboxylic acids is 1. The average molecular weight is 245 g/mol. The Morgan fingerprint density at radius 3 is 2.83 bits per heavy atom. The largest absolute Gasteiger partial charge is 0.488 e. The molecule has 0 aliphatic rings. The van der Waals surface area contributed by atoms with E-state index in [1.807, 2.05) is 19.9 Å². The Kier molecular flexibility index (Phi) is 3.46. The molecule has 94 valence electrons. The van der Waals surface area contributed by atoms with Gasteiger partial charge in [-0.3, -0.25) is 4.98 Å². The molecule has 0 saturated heterocycles. The van der Waals surface area contributed by atoms with Crippen LogP contribution >= 0.6 is 0 Å². The fraction of sp³-hybridized carbons (Fsp3) is 0.286. The standard InChI is InChI=1S/C14H15NO3/c1-3-9(2)18-12-8-15-11-7-5-4-6-10(11)13(12)14(16)17/h4-9H,3H2,1-2H3,(H,16,17). The summed E-state index contributed by atoms with van der Waals surface area (Å²) in [5.74, 6) is -0.664. The molecule has 0 aliphatic heterocycles. The molecule has 1 heterocycles. The molecule has 0 spiro atoms. The number of carboxylic acid groups (broad SMARTS) is 1. The summed E-state index contributed by atoms with van der Waals surface area (Å²) in [6.45, 7) is 3.89. The minimum absolute atomic E-state index is 0.0361. The summed E-state index contributed by atoms with van der Waals surface area (Å²) in [6.07, 6.45) is 2.26. The van der Waals surface area contributed by atoms with Crippen molar-refractivity contribution in [1.29, 1.82) is 0 Å². The predicted octanol–water partition coefficient (Wildman–Crippen LogP) is 3.11. The summed E-state index contributed by atoms with van der Waals surface area (Å²) in [5.41, 5.74) is 0.840. The molecule has 0 saturated carbocycles. The molecule has 4 heteroatoms. The van der Waals surface area contributed by atoms with Gasteiger partial charge < -0.3 is 9.84 Å². The first-order valence-electron chi connectivity index (χ1n) is 5.91. The number of fused-ring (bicyclic) bond motifs is 1. The SMILES string of the molecule is CCC(C)Oc1cnc2ccccc2c1C(=O)O. The second-order valence-corrected chi connectivity index (χ2v) is 4.16. The number of para-hydroxylation sites is 1. The first-order valence-corrected chi connectivity index (χ1v) is 5.91. The van der Waals surface area contributed by atoms with E-state index in [0.29, 0.717) is 16.7 Å². The third kappa shape index (κ3) is 2.27. The molecule has 0 fully saturated rings. The number of nitrogens with zero attached hydrogens (tertiary/aromatic N) is 1. The molecule has 18 heavy (non-hydrogen) atoms. The van der Waals surface area contributed by atoms with Crippen molar-refractivity contribution >= 4 is 16.9 Å². The molecule has 1 aromatic carbocycles. The van der Waals surface area contributed by atoms with Gasteiger partial charge in [-0.05, 0) is 19.4 Å². The zero-order valence-corrected chi connectivity index (χ0v) is 10.4. The van der Waals surface area contributed by atoms with E-state index < -0.39 is 5.97 Å². The quantitative estimate of drug-likeness (QED) is 0.899. The van der Waals surface area contributed by atoms with E-state index in [4.69, 9.17) is 4.74 Å². The lowest BCUT2D eigenvalue weighted by Crippen LogP contribution is -2.13. The Balaban J connectivity index is 2.59. The van der Waals surface area contributed by atoms with Crippen molar-refractivity contribution in [3.05, 3.63) is 36.0 Å². The number of hydrogen-bond acceptors (Lipinski definition) is 3. The molecule has 1 unspecified atom stereocenters. The van der Waals surface area contributed by atoms with Crippen LogP contribution in [0.15, 0.2) is 30.5 Å². The van der Waals surface area contributed by atoms with E-state index in [1.54, 1.807) is 18.2 Å².